The summed E-state index contributed by atoms with van der Waals surface area (Å²) < 4.78 is 0. The summed E-state index contributed by atoms with van der Waals surface area (Å²) in [4.78, 5) is 8.96. The topological polar surface area (TPSA) is 25.8 Å². The summed E-state index contributed by atoms with van der Waals surface area (Å²) in [5.41, 5.74) is 2.43. The minimum Gasteiger partial charge on any atom is -0.230 e. The van der Waals surface area contributed by atoms with Gasteiger partial charge >= 0.3 is 0 Å². The maximum atomic E-state index is 4.48. The second-order valence-corrected chi connectivity index (χ2v) is 20.6. The van der Waals surface area contributed by atoms with Crippen molar-refractivity contribution in [2.45, 2.75) is 361 Å². The van der Waals surface area contributed by atoms with Crippen LogP contribution in [0.4, 0.5) is 0 Å². The van der Waals surface area contributed by atoms with Crippen molar-refractivity contribution in [2.75, 3.05) is 0 Å². The number of aromatic nitrogens is 2. The van der Waals surface area contributed by atoms with Gasteiger partial charge in [0.25, 0.3) is 0 Å². The molecular formula is C60H115N2. The third kappa shape index (κ3) is 47.1. The highest BCUT2D eigenvalue weighted by molar-refractivity contribution is 5.08. The Bertz CT molecular complexity index is 871. The lowest BCUT2D eigenvalue weighted by Crippen LogP contribution is -1.97. The molecule has 2 heteroatoms. The second-order valence-electron chi connectivity index (χ2n) is 20.6. The molecule has 1 aromatic heterocycles. The van der Waals surface area contributed by atoms with Crippen molar-refractivity contribution in [3.63, 3.8) is 0 Å². The lowest BCUT2D eigenvalue weighted by molar-refractivity contribution is 0.515. The molecule has 0 bridgehead atoms. The number of hydrogen-bond donors (Lipinski definition) is 0. The first-order valence-corrected chi connectivity index (χ1v) is 29.6. The number of nitrogens with zero attached hydrogens (tertiary/aromatic N) is 2. The molecule has 1 rings (SSSR count). The minimum atomic E-state index is 1.10. The van der Waals surface area contributed by atoms with Crippen molar-refractivity contribution in [2.24, 2.45) is 0 Å². The van der Waals surface area contributed by atoms with Crippen molar-refractivity contribution in [1.29, 1.82) is 0 Å². The Balaban J connectivity index is 1.75. The summed E-state index contributed by atoms with van der Waals surface area (Å²) in [6.45, 7) is 4.62. The smallest absolute Gasteiger partial charge is 0.198 e. The predicted molar refractivity (Wildman–Crippen MR) is 280 cm³/mol. The molecule has 0 atom stereocenters. The summed E-state index contributed by atoms with van der Waals surface area (Å²) in [6.07, 6.45) is 80.5. The van der Waals surface area contributed by atoms with Crippen LogP contribution in [0.25, 0.3) is 0 Å². The van der Waals surface area contributed by atoms with Gasteiger partial charge in [-0.2, -0.15) is 0 Å². The summed E-state index contributed by atoms with van der Waals surface area (Å²) in [5, 5.41) is 0. The van der Waals surface area contributed by atoms with Crippen LogP contribution in [0, 0.1) is 6.33 Å². The van der Waals surface area contributed by atoms with E-state index in [0.29, 0.717) is 0 Å². The van der Waals surface area contributed by atoms with Gasteiger partial charge in [0.15, 0.2) is 6.33 Å². The van der Waals surface area contributed by atoms with Crippen LogP contribution in [0.2, 0.25) is 0 Å². The standard InChI is InChI=1S/C60H115N2/c1-3-5-7-9-11-13-15-17-19-21-23-25-27-29-31-33-35-37-39-41-43-45-47-49-51-53-55-59-57-60(62-58-61-59)56-54-52-50-48-46-44-42-40-38-36-34-32-30-28-26-24-22-20-18-16-14-12-10-8-6-4-2/h57H,3-56H2,1-2H3. The summed E-state index contributed by atoms with van der Waals surface area (Å²) in [5.74, 6) is 0. The second kappa shape index (κ2) is 52.7. The van der Waals surface area contributed by atoms with Gasteiger partial charge in [0, 0.05) is 11.4 Å². The Kier molecular flexibility index (Phi) is 50.2. The van der Waals surface area contributed by atoms with Crippen LogP contribution in [0.15, 0.2) is 6.07 Å². The molecule has 0 unspecified atom stereocenters. The first kappa shape index (κ1) is 59.1. The fourth-order valence-electron chi connectivity index (χ4n) is 9.91. The van der Waals surface area contributed by atoms with Gasteiger partial charge in [0.1, 0.15) is 0 Å². The molecule has 0 fully saturated rings. The van der Waals surface area contributed by atoms with Crippen molar-refractivity contribution in [3.05, 3.63) is 23.8 Å². The van der Waals surface area contributed by atoms with Gasteiger partial charge in [-0.25, -0.2) is 9.97 Å². The minimum absolute atomic E-state index is 1.10. The van der Waals surface area contributed by atoms with Crippen LogP contribution in [0.5, 0.6) is 0 Å². The fraction of sp³-hybridized carbons (Fsp3) is 0.933. The summed E-state index contributed by atoms with van der Waals surface area (Å²) in [6, 6.07) is 2.27. The lowest BCUT2D eigenvalue weighted by atomic mass is 10.0. The molecule has 0 saturated carbocycles. The van der Waals surface area contributed by atoms with Crippen molar-refractivity contribution in [1.82, 2.24) is 9.97 Å². The van der Waals surface area contributed by atoms with Crippen LogP contribution in [0.1, 0.15) is 359 Å². The highest BCUT2D eigenvalue weighted by Crippen LogP contribution is 2.19. The van der Waals surface area contributed by atoms with Gasteiger partial charge in [0.2, 0.25) is 0 Å². The maximum absolute atomic E-state index is 4.48. The molecule has 0 saturated heterocycles. The predicted octanol–water partition coefficient (Wildman–Crippen LogP) is 21.7. The lowest BCUT2D eigenvalue weighted by Gasteiger charge is -2.05. The van der Waals surface area contributed by atoms with E-state index < -0.39 is 0 Å². The highest BCUT2D eigenvalue weighted by Gasteiger charge is 2.03. The third-order valence-corrected chi connectivity index (χ3v) is 14.3. The van der Waals surface area contributed by atoms with E-state index in [-0.39, 0.29) is 0 Å². The number of aryl methyl sites for hydroxylation is 2. The Morgan fingerprint density at radius 2 is 0.371 bits per heavy atom. The highest BCUT2D eigenvalue weighted by atomic mass is 14.8. The van der Waals surface area contributed by atoms with Crippen molar-refractivity contribution < 1.29 is 0 Å². The zero-order valence-electron chi connectivity index (χ0n) is 43.2. The van der Waals surface area contributed by atoms with E-state index >= 15 is 0 Å². The molecule has 62 heavy (non-hydrogen) atoms. The van der Waals surface area contributed by atoms with Gasteiger partial charge in [-0.3, -0.25) is 0 Å². The quantitative estimate of drug-likeness (QED) is 0.0610. The summed E-state index contributed by atoms with van der Waals surface area (Å²) in [7, 11) is 0. The molecule has 0 amide bonds. The van der Waals surface area contributed by atoms with Gasteiger partial charge < -0.3 is 0 Å². The average molecular weight is 865 g/mol. The molecule has 0 aliphatic heterocycles. The molecule has 1 aromatic rings. The molecule has 1 heterocycles. The molecule has 0 aromatic carbocycles. The van der Waals surface area contributed by atoms with Gasteiger partial charge in [-0.1, -0.05) is 335 Å². The molecule has 0 spiro atoms. The van der Waals surface area contributed by atoms with Crippen LogP contribution in [-0.4, -0.2) is 9.97 Å². The molecule has 0 aliphatic rings. The van der Waals surface area contributed by atoms with Crippen LogP contribution in [-0.2, 0) is 12.8 Å². The number of unbranched alkanes of at least 4 members (excludes halogenated alkanes) is 50. The van der Waals surface area contributed by atoms with E-state index in [4.69, 9.17) is 0 Å². The van der Waals surface area contributed by atoms with Crippen LogP contribution >= 0.6 is 0 Å². The average Bonchev–Trinajstić information content (AvgIpc) is 3.29. The van der Waals surface area contributed by atoms with E-state index in [1.54, 1.807) is 0 Å². The normalized spacial score (nSPS) is 11.6. The van der Waals surface area contributed by atoms with Gasteiger partial charge in [-0.15, -0.1) is 0 Å². The number of hydrogen-bond acceptors (Lipinski definition) is 2. The first-order valence-electron chi connectivity index (χ1n) is 29.6. The fourth-order valence-corrected chi connectivity index (χ4v) is 9.91. The van der Waals surface area contributed by atoms with E-state index in [0.717, 1.165) is 12.8 Å². The molecule has 0 N–H and O–H groups in total. The Morgan fingerprint density at radius 1 is 0.226 bits per heavy atom. The monoisotopic (exact) mass is 864 g/mol. The molecular weight excluding hydrogens is 749 g/mol. The summed E-state index contributed by atoms with van der Waals surface area (Å²) >= 11 is 0. The van der Waals surface area contributed by atoms with E-state index in [9.17, 15) is 0 Å². The third-order valence-electron chi connectivity index (χ3n) is 14.3. The molecule has 0 aliphatic carbocycles. The maximum Gasteiger partial charge on any atom is 0.198 e. The zero-order chi connectivity index (χ0) is 44.2. The Morgan fingerprint density at radius 3 is 0.532 bits per heavy atom. The first-order chi connectivity index (χ1) is 30.9. The van der Waals surface area contributed by atoms with E-state index in [2.05, 4.69) is 36.2 Å². The molecule has 365 valence electrons. The largest absolute Gasteiger partial charge is 0.230 e. The van der Waals surface area contributed by atoms with Crippen LogP contribution < -0.4 is 0 Å². The zero-order valence-corrected chi connectivity index (χ0v) is 43.2. The van der Waals surface area contributed by atoms with Gasteiger partial charge in [-0.05, 0) is 31.7 Å². The van der Waals surface area contributed by atoms with Crippen molar-refractivity contribution in [3.8, 4) is 0 Å². The number of rotatable bonds is 54. The SMILES string of the molecule is CCCCCCCCCCCCCCCCCCCCCCCCCCCCc1cc(CCCCCCCCCCCCCCCCCCCCCCCCCCCC)n[c]n1. The van der Waals surface area contributed by atoms with Crippen LogP contribution in [0.3, 0.4) is 0 Å². The Hall–Kier alpha value is -0.920. The Labute approximate surface area is 392 Å². The van der Waals surface area contributed by atoms with E-state index in [1.807, 2.05) is 0 Å². The van der Waals surface area contributed by atoms with E-state index in [1.165, 1.54) is 345 Å². The van der Waals surface area contributed by atoms with Gasteiger partial charge in [0.05, 0.1) is 0 Å². The molecule has 2 nitrogen and oxygen atoms in total. The molecule has 1 radical (unpaired) electrons. The van der Waals surface area contributed by atoms with Crippen molar-refractivity contribution >= 4 is 0 Å².